The average Bonchev–Trinajstić information content (AvgIpc) is 3.14. The molecule has 2 fully saturated rings. The highest BCUT2D eigenvalue weighted by Gasteiger charge is 2.47. The normalized spacial score (nSPS) is 20.6. The molecule has 1 saturated carbocycles. The van der Waals surface area contributed by atoms with Gasteiger partial charge in [-0.05, 0) is 45.7 Å². The van der Waals surface area contributed by atoms with Crippen LogP contribution in [0, 0.1) is 5.41 Å². The summed E-state index contributed by atoms with van der Waals surface area (Å²) in [6.07, 6.45) is 4.18. The molecule has 1 N–H and O–H groups in total. The molecule has 0 aromatic heterocycles. The van der Waals surface area contributed by atoms with Gasteiger partial charge in [-0.2, -0.15) is 0 Å². The summed E-state index contributed by atoms with van der Waals surface area (Å²) >= 11 is 0. The van der Waals surface area contributed by atoms with E-state index >= 15 is 0 Å². The van der Waals surface area contributed by atoms with Gasteiger partial charge >= 0.3 is 0 Å². The Hall–Kier alpha value is -2.11. The molecule has 28 heavy (non-hydrogen) atoms. The van der Waals surface area contributed by atoms with E-state index in [1.165, 1.54) is 0 Å². The number of hydrogen-bond donors (Lipinski definition) is 1. The predicted octanol–water partition coefficient (Wildman–Crippen LogP) is 4.89. The molecule has 5 heteroatoms. The Morgan fingerprint density at radius 1 is 1.04 bits per heavy atom. The zero-order valence-corrected chi connectivity index (χ0v) is 16.9. The van der Waals surface area contributed by atoms with Gasteiger partial charge in [-0.3, -0.25) is 4.79 Å². The molecular weight excluding hydrogens is 354 g/mol. The number of ether oxygens (including phenoxy) is 3. The molecular formula is C23H29NO4. The number of benzene rings is 2. The predicted molar refractivity (Wildman–Crippen MR) is 110 cm³/mol. The number of rotatable bonds is 4. The van der Waals surface area contributed by atoms with Gasteiger partial charge in [-0.1, -0.05) is 24.3 Å². The lowest BCUT2D eigenvalue weighted by atomic mass is 9.89. The minimum Gasteiger partial charge on any atom is -0.490 e. The van der Waals surface area contributed by atoms with Crippen molar-refractivity contribution < 1.29 is 19.0 Å². The number of fused-ring (bicyclic) bond motifs is 1. The van der Waals surface area contributed by atoms with E-state index in [1.807, 2.05) is 57.2 Å². The largest absolute Gasteiger partial charge is 0.490 e. The second kappa shape index (κ2) is 7.37. The van der Waals surface area contributed by atoms with Crippen LogP contribution in [0.3, 0.4) is 0 Å². The van der Waals surface area contributed by atoms with Crippen LogP contribution < -0.4 is 10.1 Å². The smallest absolute Gasteiger partial charge is 0.235 e. The van der Waals surface area contributed by atoms with E-state index in [-0.39, 0.29) is 12.0 Å². The van der Waals surface area contributed by atoms with Gasteiger partial charge in [0.25, 0.3) is 0 Å². The van der Waals surface area contributed by atoms with Crippen LogP contribution in [-0.4, -0.2) is 31.0 Å². The Morgan fingerprint density at radius 3 is 2.32 bits per heavy atom. The van der Waals surface area contributed by atoms with Crippen LogP contribution in [0.1, 0.15) is 46.5 Å². The van der Waals surface area contributed by atoms with Crippen molar-refractivity contribution in [1.29, 1.82) is 0 Å². The highest BCUT2D eigenvalue weighted by Crippen LogP contribution is 2.41. The van der Waals surface area contributed by atoms with Crippen molar-refractivity contribution in [3.8, 4) is 5.75 Å². The first-order valence-electron chi connectivity index (χ1n) is 10.2. The maximum absolute atomic E-state index is 13.1. The Kier molecular flexibility index (Phi) is 5.06. The summed E-state index contributed by atoms with van der Waals surface area (Å²) in [6.45, 7) is 6.68. The molecule has 1 aliphatic heterocycles. The lowest BCUT2D eigenvalue weighted by Gasteiger charge is -2.42. The fourth-order valence-electron chi connectivity index (χ4n) is 4.01. The summed E-state index contributed by atoms with van der Waals surface area (Å²) in [5.41, 5.74) is 0.0706. The van der Waals surface area contributed by atoms with Crippen molar-refractivity contribution >= 4 is 22.4 Å². The first-order valence-corrected chi connectivity index (χ1v) is 10.2. The van der Waals surface area contributed by atoms with Gasteiger partial charge in [0, 0.05) is 29.3 Å². The van der Waals surface area contributed by atoms with Crippen LogP contribution in [0.2, 0.25) is 0 Å². The lowest BCUT2D eigenvalue weighted by Crippen LogP contribution is -2.52. The molecule has 1 saturated heterocycles. The van der Waals surface area contributed by atoms with Crippen LogP contribution in [0.25, 0.3) is 10.8 Å². The Bertz CT molecular complexity index is 860. The number of anilines is 1. The van der Waals surface area contributed by atoms with Crippen molar-refractivity contribution in [1.82, 2.24) is 0 Å². The van der Waals surface area contributed by atoms with Crippen LogP contribution in [0.15, 0.2) is 36.4 Å². The molecule has 1 spiro atoms. The van der Waals surface area contributed by atoms with E-state index < -0.39 is 11.2 Å². The Balaban J connectivity index is 1.54. The quantitative estimate of drug-likeness (QED) is 0.817. The van der Waals surface area contributed by atoms with Gasteiger partial charge in [0.2, 0.25) is 5.91 Å². The maximum Gasteiger partial charge on any atom is 0.235 e. The number of hydrogen-bond acceptors (Lipinski definition) is 4. The van der Waals surface area contributed by atoms with Crippen molar-refractivity contribution in [3.05, 3.63) is 36.4 Å². The zero-order valence-electron chi connectivity index (χ0n) is 16.9. The molecule has 2 aromatic rings. The van der Waals surface area contributed by atoms with Gasteiger partial charge in [0.05, 0.1) is 24.7 Å². The third-order valence-electron chi connectivity index (χ3n) is 5.72. The van der Waals surface area contributed by atoms with Gasteiger partial charge < -0.3 is 19.5 Å². The summed E-state index contributed by atoms with van der Waals surface area (Å²) in [6, 6.07) is 11.8. The monoisotopic (exact) mass is 383 g/mol. The second-order valence-corrected chi connectivity index (χ2v) is 8.53. The summed E-state index contributed by atoms with van der Waals surface area (Å²) in [4.78, 5) is 13.1. The summed E-state index contributed by atoms with van der Waals surface area (Å²) in [7, 11) is 0. The maximum atomic E-state index is 13.1. The standard InChI is InChI=1S/C23H29NO4/c1-16(2)28-20-11-10-19(17-8-4-5-9-18(17)20)24-21(25)22(3)14-26-23(27-15-22)12-6-7-13-23/h4-5,8-11,16H,6-7,12-15H2,1-3H3,(H,24,25). The minimum absolute atomic E-state index is 0.0805. The average molecular weight is 383 g/mol. The van der Waals surface area contributed by atoms with Crippen LogP contribution in [0.4, 0.5) is 5.69 Å². The Morgan fingerprint density at radius 2 is 1.68 bits per heavy atom. The van der Waals surface area contributed by atoms with Crippen LogP contribution in [-0.2, 0) is 14.3 Å². The molecule has 150 valence electrons. The number of carbonyl (C=O) groups excluding carboxylic acids is 1. The fourth-order valence-corrected chi connectivity index (χ4v) is 4.01. The van der Waals surface area contributed by atoms with Crippen molar-refractivity contribution in [2.45, 2.75) is 58.3 Å². The molecule has 1 aliphatic carbocycles. The van der Waals surface area contributed by atoms with Gasteiger partial charge in [-0.15, -0.1) is 0 Å². The first-order chi connectivity index (χ1) is 13.4. The van der Waals surface area contributed by atoms with Crippen LogP contribution >= 0.6 is 0 Å². The van der Waals surface area contributed by atoms with E-state index in [2.05, 4.69) is 5.32 Å². The molecule has 0 bridgehead atoms. The third kappa shape index (κ3) is 3.61. The highest BCUT2D eigenvalue weighted by atomic mass is 16.7. The van der Waals surface area contributed by atoms with Crippen molar-refractivity contribution in [3.63, 3.8) is 0 Å². The number of nitrogens with one attached hydrogen (secondary N) is 1. The summed E-state index contributed by atoms with van der Waals surface area (Å²) in [5.74, 6) is 0.285. The highest BCUT2D eigenvalue weighted by molar-refractivity contribution is 6.05. The lowest BCUT2D eigenvalue weighted by molar-refractivity contribution is -0.291. The van der Waals surface area contributed by atoms with Gasteiger partial charge in [0.1, 0.15) is 5.75 Å². The first kappa shape index (κ1) is 19.2. The number of amides is 1. The topological polar surface area (TPSA) is 56.8 Å². The SMILES string of the molecule is CC(C)Oc1ccc(NC(=O)C2(C)COC3(CCCC3)OC2)c2ccccc12. The van der Waals surface area contributed by atoms with E-state index in [9.17, 15) is 4.79 Å². The zero-order chi connectivity index (χ0) is 19.8. The van der Waals surface area contributed by atoms with Crippen LogP contribution in [0.5, 0.6) is 5.75 Å². The summed E-state index contributed by atoms with van der Waals surface area (Å²) in [5, 5.41) is 5.05. The van der Waals surface area contributed by atoms with Crippen molar-refractivity contribution in [2.75, 3.05) is 18.5 Å². The number of carbonyl (C=O) groups is 1. The Labute approximate surface area is 166 Å². The van der Waals surface area contributed by atoms with E-state index in [1.54, 1.807) is 0 Å². The molecule has 1 amide bonds. The molecule has 0 atom stereocenters. The molecule has 2 aromatic carbocycles. The molecule has 4 rings (SSSR count). The second-order valence-electron chi connectivity index (χ2n) is 8.53. The summed E-state index contributed by atoms with van der Waals surface area (Å²) < 4.78 is 18.0. The molecule has 1 heterocycles. The third-order valence-corrected chi connectivity index (χ3v) is 5.72. The van der Waals surface area contributed by atoms with Crippen molar-refractivity contribution in [2.24, 2.45) is 5.41 Å². The molecule has 0 unspecified atom stereocenters. The fraction of sp³-hybridized carbons (Fsp3) is 0.522. The van der Waals surface area contributed by atoms with Gasteiger partial charge in [-0.25, -0.2) is 0 Å². The molecule has 0 radical (unpaired) electrons. The van der Waals surface area contributed by atoms with E-state index in [0.717, 1.165) is 47.9 Å². The minimum atomic E-state index is -0.706. The van der Waals surface area contributed by atoms with E-state index in [0.29, 0.717) is 13.2 Å². The molecule has 5 nitrogen and oxygen atoms in total. The van der Waals surface area contributed by atoms with Gasteiger partial charge in [0.15, 0.2) is 5.79 Å². The molecule has 2 aliphatic rings. The van der Waals surface area contributed by atoms with E-state index in [4.69, 9.17) is 14.2 Å².